The number of allylic oxidation sites excluding steroid dienone is 2. The summed E-state index contributed by atoms with van der Waals surface area (Å²) in [5.74, 6) is -0.386. The van der Waals surface area contributed by atoms with E-state index in [2.05, 4.69) is 19.1 Å². The van der Waals surface area contributed by atoms with E-state index in [1.807, 2.05) is 12.1 Å². The van der Waals surface area contributed by atoms with Crippen LogP contribution in [0.5, 0.6) is 5.75 Å². The Morgan fingerprint density at radius 2 is 1.33 bits per heavy atom. The maximum absolute atomic E-state index is 15.3. The van der Waals surface area contributed by atoms with Gasteiger partial charge in [0.2, 0.25) is 5.82 Å². The Morgan fingerprint density at radius 1 is 0.718 bits per heavy atom. The van der Waals surface area contributed by atoms with E-state index in [9.17, 15) is 13.9 Å². The highest BCUT2D eigenvalue weighted by Crippen LogP contribution is 2.45. The normalized spacial score (nSPS) is 23.8. The number of aromatic hydroxyl groups is 1. The van der Waals surface area contributed by atoms with E-state index in [0.29, 0.717) is 5.56 Å². The van der Waals surface area contributed by atoms with Crippen molar-refractivity contribution in [1.82, 2.24) is 0 Å². The fraction of sp³-hybridized carbons (Fsp3) is 0.429. The SMILES string of the molecule is C/C=C/CCC1CCC(C2CCC(c3ccc(-c4ccc(-c5ccc(O)c(F)c5F)cc4)cc3F)CC2)CC1. The van der Waals surface area contributed by atoms with Crippen LogP contribution in [0.2, 0.25) is 0 Å². The second-order valence-corrected chi connectivity index (χ2v) is 11.6. The first-order valence-electron chi connectivity index (χ1n) is 14.6. The highest BCUT2D eigenvalue weighted by molar-refractivity contribution is 5.71. The van der Waals surface area contributed by atoms with Crippen LogP contribution in [0.25, 0.3) is 22.3 Å². The zero-order valence-electron chi connectivity index (χ0n) is 22.8. The molecule has 1 nitrogen and oxygen atoms in total. The molecule has 2 fully saturated rings. The largest absolute Gasteiger partial charge is 0.505 e. The Hall–Kier alpha value is -3.01. The molecule has 2 saturated carbocycles. The van der Waals surface area contributed by atoms with Crippen LogP contribution in [-0.2, 0) is 0 Å². The lowest BCUT2D eigenvalue weighted by molar-refractivity contribution is 0.156. The van der Waals surface area contributed by atoms with Crippen molar-refractivity contribution in [3.05, 3.63) is 89.8 Å². The molecule has 39 heavy (non-hydrogen) atoms. The molecule has 1 N–H and O–H groups in total. The fourth-order valence-corrected chi connectivity index (χ4v) is 6.99. The van der Waals surface area contributed by atoms with Gasteiger partial charge in [0.1, 0.15) is 5.82 Å². The average Bonchev–Trinajstić information content (AvgIpc) is 2.97. The third kappa shape index (κ3) is 6.26. The van der Waals surface area contributed by atoms with Crippen molar-refractivity contribution in [3.8, 4) is 28.0 Å². The van der Waals surface area contributed by atoms with Gasteiger partial charge >= 0.3 is 0 Å². The van der Waals surface area contributed by atoms with Crippen LogP contribution < -0.4 is 0 Å². The van der Waals surface area contributed by atoms with E-state index in [1.165, 1.54) is 57.4 Å². The van der Waals surface area contributed by atoms with E-state index in [4.69, 9.17) is 0 Å². The minimum Gasteiger partial charge on any atom is -0.505 e. The second-order valence-electron chi connectivity index (χ2n) is 11.6. The van der Waals surface area contributed by atoms with Crippen LogP contribution in [0.1, 0.15) is 82.6 Å². The first-order valence-corrected chi connectivity index (χ1v) is 14.6. The van der Waals surface area contributed by atoms with Crippen molar-refractivity contribution in [3.63, 3.8) is 0 Å². The zero-order chi connectivity index (χ0) is 27.4. The van der Waals surface area contributed by atoms with Crippen LogP contribution in [0.4, 0.5) is 13.2 Å². The van der Waals surface area contributed by atoms with Gasteiger partial charge in [-0.25, -0.2) is 8.78 Å². The molecule has 0 amide bonds. The standard InChI is InChI=1S/C35H39F3O/c1-2-3-4-5-23-6-8-24(9-7-23)25-10-14-27(15-11-25)30-19-18-29(22-32(30)36)26-12-16-28(17-13-26)31-20-21-33(39)35(38)34(31)37/h2-3,12-13,16-25,27,39H,4-11,14-15H2,1H3/b3-2+. The molecule has 3 aromatic rings. The number of phenolic OH excluding ortho intramolecular Hbond substituents is 1. The summed E-state index contributed by atoms with van der Waals surface area (Å²) in [7, 11) is 0. The summed E-state index contributed by atoms with van der Waals surface area (Å²) in [6.07, 6.45) is 17.0. The summed E-state index contributed by atoms with van der Waals surface area (Å²) in [5, 5.41) is 9.37. The summed E-state index contributed by atoms with van der Waals surface area (Å²) < 4.78 is 43.3. The van der Waals surface area contributed by atoms with E-state index < -0.39 is 17.4 Å². The summed E-state index contributed by atoms with van der Waals surface area (Å²) >= 11 is 0. The lowest BCUT2D eigenvalue weighted by Gasteiger charge is -2.38. The molecule has 4 heteroatoms. The highest BCUT2D eigenvalue weighted by atomic mass is 19.2. The molecule has 206 valence electrons. The van der Waals surface area contributed by atoms with Gasteiger partial charge in [-0.05, 0) is 122 Å². The molecule has 2 aliphatic rings. The molecule has 0 aliphatic heterocycles. The number of hydrogen-bond donors (Lipinski definition) is 1. The molecule has 0 spiro atoms. The van der Waals surface area contributed by atoms with Gasteiger partial charge in [-0.3, -0.25) is 0 Å². The summed E-state index contributed by atoms with van der Waals surface area (Å²) in [5.41, 5.74) is 2.97. The van der Waals surface area contributed by atoms with Crippen LogP contribution in [-0.4, -0.2) is 5.11 Å². The predicted molar refractivity (Wildman–Crippen MR) is 153 cm³/mol. The lowest BCUT2D eigenvalue weighted by atomic mass is 9.68. The zero-order valence-corrected chi connectivity index (χ0v) is 22.8. The van der Waals surface area contributed by atoms with Crippen molar-refractivity contribution < 1.29 is 18.3 Å². The highest BCUT2D eigenvalue weighted by Gasteiger charge is 2.32. The molecule has 0 atom stereocenters. The quantitative estimate of drug-likeness (QED) is 0.300. The number of halogens is 3. The molecular formula is C35H39F3O. The lowest BCUT2D eigenvalue weighted by Crippen LogP contribution is -2.25. The molecule has 0 radical (unpaired) electrons. The Kier molecular flexibility index (Phi) is 8.79. The van der Waals surface area contributed by atoms with Crippen molar-refractivity contribution in [2.24, 2.45) is 17.8 Å². The third-order valence-electron chi connectivity index (χ3n) is 9.34. The van der Waals surface area contributed by atoms with Gasteiger partial charge in [0.25, 0.3) is 0 Å². The molecular weight excluding hydrogens is 493 g/mol. The molecule has 0 bridgehead atoms. The van der Waals surface area contributed by atoms with Gasteiger partial charge in [-0.1, -0.05) is 61.4 Å². The van der Waals surface area contributed by atoms with Gasteiger partial charge in [-0.15, -0.1) is 0 Å². The summed E-state index contributed by atoms with van der Waals surface area (Å²) in [6.45, 7) is 2.10. The fourth-order valence-electron chi connectivity index (χ4n) is 6.99. The summed E-state index contributed by atoms with van der Waals surface area (Å²) in [4.78, 5) is 0. The van der Waals surface area contributed by atoms with Crippen molar-refractivity contribution in [2.75, 3.05) is 0 Å². The maximum Gasteiger partial charge on any atom is 0.200 e. The van der Waals surface area contributed by atoms with Crippen LogP contribution >= 0.6 is 0 Å². The summed E-state index contributed by atoms with van der Waals surface area (Å²) in [6, 6.07) is 14.9. The molecule has 2 aliphatic carbocycles. The predicted octanol–water partition coefficient (Wildman–Crippen LogP) is 10.6. The van der Waals surface area contributed by atoms with E-state index >= 15 is 4.39 Å². The van der Waals surface area contributed by atoms with Crippen molar-refractivity contribution >= 4 is 0 Å². The molecule has 0 saturated heterocycles. The van der Waals surface area contributed by atoms with Crippen LogP contribution in [0.3, 0.4) is 0 Å². The Morgan fingerprint density at radius 3 is 1.97 bits per heavy atom. The Bertz CT molecular complexity index is 1280. The molecule has 0 unspecified atom stereocenters. The van der Waals surface area contributed by atoms with Gasteiger partial charge in [0.15, 0.2) is 11.6 Å². The van der Waals surface area contributed by atoms with Gasteiger partial charge < -0.3 is 5.11 Å². The van der Waals surface area contributed by atoms with Gasteiger partial charge in [-0.2, -0.15) is 4.39 Å². The smallest absolute Gasteiger partial charge is 0.200 e. The maximum atomic E-state index is 15.3. The van der Waals surface area contributed by atoms with Crippen molar-refractivity contribution in [1.29, 1.82) is 0 Å². The number of rotatable bonds is 7. The first kappa shape index (κ1) is 27.6. The number of phenols is 1. The van der Waals surface area contributed by atoms with E-state index in [1.54, 1.807) is 30.3 Å². The van der Waals surface area contributed by atoms with Crippen molar-refractivity contribution in [2.45, 2.75) is 77.0 Å². The molecule has 0 heterocycles. The minimum atomic E-state index is -1.26. The number of benzene rings is 3. The first-order chi connectivity index (χ1) is 18.9. The average molecular weight is 533 g/mol. The molecule has 3 aromatic carbocycles. The Balaban J connectivity index is 1.18. The van der Waals surface area contributed by atoms with Gasteiger partial charge in [0.05, 0.1) is 0 Å². The number of hydrogen-bond acceptors (Lipinski definition) is 1. The molecule has 5 rings (SSSR count). The van der Waals surface area contributed by atoms with E-state index in [-0.39, 0.29) is 17.3 Å². The minimum absolute atomic E-state index is 0.0754. The second kappa shape index (κ2) is 12.4. The molecule has 0 aromatic heterocycles. The third-order valence-corrected chi connectivity index (χ3v) is 9.34. The topological polar surface area (TPSA) is 20.2 Å². The van der Waals surface area contributed by atoms with Crippen LogP contribution in [0, 0.1) is 35.2 Å². The Labute approximate surface area is 230 Å². The monoisotopic (exact) mass is 532 g/mol. The van der Waals surface area contributed by atoms with Crippen LogP contribution in [0.15, 0.2) is 66.7 Å². The van der Waals surface area contributed by atoms with E-state index in [0.717, 1.165) is 53.4 Å². The van der Waals surface area contributed by atoms with Gasteiger partial charge in [0, 0.05) is 5.56 Å².